The zero-order valence-corrected chi connectivity index (χ0v) is 13.9. The molecule has 1 aliphatic heterocycles. The summed E-state index contributed by atoms with van der Waals surface area (Å²) in [5.74, 6) is 0.285. The van der Waals surface area contributed by atoms with Crippen LogP contribution in [-0.2, 0) is 0 Å². The number of anilines is 1. The van der Waals surface area contributed by atoms with Gasteiger partial charge in [0.25, 0.3) is 11.8 Å². The van der Waals surface area contributed by atoms with E-state index >= 15 is 0 Å². The van der Waals surface area contributed by atoms with Crippen LogP contribution < -0.4 is 16.0 Å². The van der Waals surface area contributed by atoms with Crippen molar-refractivity contribution in [3.8, 4) is 0 Å². The molecule has 2 amide bonds. The number of benzene rings is 1. The third-order valence-electron chi connectivity index (χ3n) is 3.62. The predicted octanol–water partition coefficient (Wildman–Crippen LogP) is 2.24. The summed E-state index contributed by atoms with van der Waals surface area (Å²) in [5, 5.41) is 8.78. The molecule has 0 atom stereocenters. The van der Waals surface area contributed by atoms with E-state index in [1.807, 2.05) is 0 Å². The summed E-state index contributed by atoms with van der Waals surface area (Å²) in [6.45, 7) is 2.58. The van der Waals surface area contributed by atoms with Crippen LogP contribution in [0.15, 0.2) is 45.5 Å². The second kappa shape index (κ2) is 6.97. The van der Waals surface area contributed by atoms with Gasteiger partial charge >= 0.3 is 0 Å². The number of carbonyl (C=O) groups is 2. The quantitative estimate of drug-likeness (QED) is 0.745. The summed E-state index contributed by atoms with van der Waals surface area (Å²) in [6, 6.07) is 9.98. The van der Waals surface area contributed by atoms with E-state index in [0.717, 1.165) is 13.1 Å². The molecule has 7 heteroatoms. The fourth-order valence-electron chi connectivity index (χ4n) is 2.17. The average Bonchev–Trinajstić information content (AvgIpc) is 2.93. The standard InChI is InChI=1S/C16H16BrN3O3/c17-14-6-5-13(23-14)16(22)20-12-3-1-11(2-4-12)15(21)19-9-10-7-18-8-10/h1-6,10,18H,7-9H2,(H,19,21)(H,20,22). The number of halogens is 1. The highest BCUT2D eigenvalue weighted by Gasteiger charge is 2.17. The number of furan rings is 1. The van der Waals surface area contributed by atoms with Gasteiger partial charge in [-0.25, -0.2) is 0 Å². The van der Waals surface area contributed by atoms with Crippen LogP contribution in [0.1, 0.15) is 20.9 Å². The summed E-state index contributed by atoms with van der Waals surface area (Å²) < 4.78 is 5.68. The van der Waals surface area contributed by atoms with Crippen molar-refractivity contribution in [3.05, 3.63) is 52.4 Å². The molecule has 6 nitrogen and oxygen atoms in total. The van der Waals surface area contributed by atoms with Crippen molar-refractivity contribution in [2.24, 2.45) is 5.92 Å². The Labute approximate surface area is 141 Å². The second-order valence-corrected chi connectivity index (χ2v) is 6.15. The molecule has 0 aliphatic carbocycles. The van der Waals surface area contributed by atoms with Gasteiger partial charge in [0.15, 0.2) is 10.4 Å². The van der Waals surface area contributed by atoms with Gasteiger partial charge in [-0.15, -0.1) is 0 Å². The lowest BCUT2D eigenvalue weighted by Crippen LogP contribution is -2.48. The van der Waals surface area contributed by atoms with E-state index in [1.54, 1.807) is 36.4 Å². The largest absolute Gasteiger partial charge is 0.444 e. The molecule has 0 unspecified atom stereocenters. The molecule has 3 rings (SSSR count). The third-order valence-corrected chi connectivity index (χ3v) is 4.05. The van der Waals surface area contributed by atoms with E-state index in [9.17, 15) is 9.59 Å². The fraction of sp³-hybridized carbons (Fsp3) is 0.250. The van der Waals surface area contributed by atoms with Crippen LogP contribution in [0, 0.1) is 5.92 Å². The number of rotatable bonds is 5. The molecule has 1 aromatic carbocycles. The molecule has 2 heterocycles. The first-order chi connectivity index (χ1) is 11.1. The molecule has 1 fully saturated rings. The molecule has 120 valence electrons. The van der Waals surface area contributed by atoms with E-state index in [0.29, 0.717) is 28.4 Å². The first-order valence-corrected chi connectivity index (χ1v) is 8.07. The minimum absolute atomic E-state index is 0.107. The minimum Gasteiger partial charge on any atom is -0.444 e. The Hall–Kier alpha value is -2.12. The molecular weight excluding hydrogens is 362 g/mol. The Balaban J connectivity index is 1.55. The third kappa shape index (κ3) is 4.00. The topological polar surface area (TPSA) is 83.4 Å². The summed E-state index contributed by atoms with van der Waals surface area (Å²) in [5.41, 5.74) is 1.17. The molecule has 0 radical (unpaired) electrons. The predicted molar refractivity (Wildman–Crippen MR) is 89.5 cm³/mol. The lowest BCUT2D eigenvalue weighted by Gasteiger charge is -2.27. The minimum atomic E-state index is -0.342. The van der Waals surface area contributed by atoms with Gasteiger partial charge in [0.05, 0.1) is 0 Å². The highest BCUT2D eigenvalue weighted by atomic mass is 79.9. The lowest BCUT2D eigenvalue weighted by atomic mass is 10.0. The SMILES string of the molecule is O=C(NCC1CNC1)c1ccc(NC(=O)c2ccc(Br)o2)cc1. The average molecular weight is 378 g/mol. The van der Waals surface area contributed by atoms with Gasteiger partial charge in [-0.1, -0.05) is 0 Å². The lowest BCUT2D eigenvalue weighted by molar-refractivity contribution is 0.0941. The normalized spacial score (nSPS) is 14.1. The van der Waals surface area contributed by atoms with Gasteiger partial charge in [-0.05, 0) is 52.3 Å². The van der Waals surface area contributed by atoms with Gasteiger partial charge in [0, 0.05) is 36.8 Å². The molecule has 0 bridgehead atoms. The van der Waals surface area contributed by atoms with E-state index in [-0.39, 0.29) is 17.6 Å². The molecule has 1 aromatic heterocycles. The van der Waals surface area contributed by atoms with Crippen LogP contribution in [0.3, 0.4) is 0 Å². The van der Waals surface area contributed by atoms with Crippen molar-refractivity contribution in [1.82, 2.24) is 10.6 Å². The van der Waals surface area contributed by atoms with Crippen LogP contribution >= 0.6 is 15.9 Å². The van der Waals surface area contributed by atoms with Crippen molar-refractivity contribution < 1.29 is 14.0 Å². The highest BCUT2D eigenvalue weighted by molar-refractivity contribution is 9.10. The first kappa shape index (κ1) is 15.8. The van der Waals surface area contributed by atoms with E-state index in [1.165, 1.54) is 0 Å². The number of amides is 2. The number of nitrogens with one attached hydrogen (secondary N) is 3. The smallest absolute Gasteiger partial charge is 0.291 e. The van der Waals surface area contributed by atoms with Crippen LogP contribution in [0.25, 0.3) is 0 Å². The second-order valence-electron chi connectivity index (χ2n) is 5.37. The first-order valence-electron chi connectivity index (χ1n) is 7.27. The Bertz CT molecular complexity index is 708. The molecule has 3 N–H and O–H groups in total. The Morgan fingerprint density at radius 1 is 1.13 bits per heavy atom. The molecular formula is C16H16BrN3O3. The van der Waals surface area contributed by atoms with Crippen LogP contribution in [0.5, 0.6) is 0 Å². The van der Waals surface area contributed by atoms with Gasteiger partial charge in [0.2, 0.25) is 0 Å². The van der Waals surface area contributed by atoms with Crippen molar-refractivity contribution in [1.29, 1.82) is 0 Å². The summed E-state index contributed by atoms with van der Waals surface area (Å²) in [6.07, 6.45) is 0. The zero-order chi connectivity index (χ0) is 16.2. The van der Waals surface area contributed by atoms with Gasteiger partial charge in [-0.3, -0.25) is 9.59 Å². The van der Waals surface area contributed by atoms with E-state index in [4.69, 9.17) is 4.42 Å². The van der Waals surface area contributed by atoms with Crippen LogP contribution in [0.2, 0.25) is 0 Å². The van der Waals surface area contributed by atoms with Gasteiger partial charge < -0.3 is 20.4 Å². The van der Waals surface area contributed by atoms with Crippen molar-refractivity contribution in [2.45, 2.75) is 0 Å². The molecule has 1 saturated heterocycles. The maximum Gasteiger partial charge on any atom is 0.291 e. The molecule has 0 spiro atoms. The Morgan fingerprint density at radius 2 is 1.87 bits per heavy atom. The van der Waals surface area contributed by atoms with Crippen molar-refractivity contribution in [3.63, 3.8) is 0 Å². The Kier molecular flexibility index (Phi) is 4.78. The number of hydrogen-bond acceptors (Lipinski definition) is 4. The molecule has 2 aromatic rings. The molecule has 1 aliphatic rings. The highest BCUT2D eigenvalue weighted by Crippen LogP contribution is 2.16. The summed E-state index contributed by atoms with van der Waals surface area (Å²) in [7, 11) is 0. The summed E-state index contributed by atoms with van der Waals surface area (Å²) >= 11 is 3.15. The summed E-state index contributed by atoms with van der Waals surface area (Å²) in [4.78, 5) is 24.0. The number of hydrogen-bond donors (Lipinski definition) is 3. The monoisotopic (exact) mass is 377 g/mol. The van der Waals surface area contributed by atoms with Crippen LogP contribution in [-0.4, -0.2) is 31.4 Å². The van der Waals surface area contributed by atoms with E-state index in [2.05, 4.69) is 31.9 Å². The number of carbonyl (C=O) groups excluding carboxylic acids is 2. The van der Waals surface area contributed by atoms with Gasteiger partial charge in [-0.2, -0.15) is 0 Å². The van der Waals surface area contributed by atoms with Crippen LogP contribution in [0.4, 0.5) is 5.69 Å². The zero-order valence-electron chi connectivity index (χ0n) is 12.3. The molecule has 23 heavy (non-hydrogen) atoms. The maximum atomic E-state index is 12.0. The Morgan fingerprint density at radius 3 is 2.43 bits per heavy atom. The van der Waals surface area contributed by atoms with Crippen molar-refractivity contribution in [2.75, 3.05) is 25.0 Å². The van der Waals surface area contributed by atoms with Gasteiger partial charge in [0.1, 0.15) is 0 Å². The maximum absolute atomic E-state index is 12.0. The van der Waals surface area contributed by atoms with Crippen molar-refractivity contribution >= 4 is 33.4 Å². The van der Waals surface area contributed by atoms with E-state index < -0.39 is 0 Å². The molecule has 0 saturated carbocycles. The fourth-order valence-corrected chi connectivity index (χ4v) is 2.47.